The maximum atomic E-state index is 12.0. The van der Waals surface area contributed by atoms with Gasteiger partial charge >= 0.3 is 0 Å². The van der Waals surface area contributed by atoms with Crippen LogP contribution in [0.25, 0.3) is 0 Å². The Morgan fingerprint density at radius 2 is 2.12 bits per heavy atom. The highest BCUT2D eigenvalue weighted by molar-refractivity contribution is 7.89. The van der Waals surface area contributed by atoms with Gasteiger partial charge in [0, 0.05) is 44.9 Å². The molecule has 140 valence electrons. The van der Waals surface area contributed by atoms with Crippen LogP contribution >= 0.6 is 0 Å². The van der Waals surface area contributed by atoms with Crippen LogP contribution in [0.1, 0.15) is 57.2 Å². The monoisotopic (exact) mass is 370 g/mol. The Hall–Kier alpha value is -1.48. The number of nitrogens with zero attached hydrogens (tertiary/aromatic N) is 4. The molecule has 0 aromatic carbocycles. The van der Waals surface area contributed by atoms with E-state index in [1.165, 1.54) is 17.6 Å². The predicted octanol–water partition coefficient (Wildman–Crippen LogP) is 1.15. The summed E-state index contributed by atoms with van der Waals surface area (Å²) in [6, 6.07) is -0.0863. The van der Waals surface area contributed by atoms with Crippen LogP contribution in [0.2, 0.25) is 0 Å². The first kappa shape index (κ1) is 18.3. The van der Waals surface area contributed by atoms with Crippen LogP contribution in [0.3, 0.4) is 0 Å². The van der Waals surface area contributed by atoms with E-state index in [-0.39, 0.29) is 17.7 Å². The largest absolute Gasteiger partial charge is 0.339 e. The Morgan fingerprint density at radius 3 is 2.72 bits per heavy atom. The normalized spacial score (nSPS) is 22.1. The van der Waals surface area contributed by atoms with Crippen LogP contribution in [0, 0.1) is 0 Å². The van der Waals surface area contributed by atoms with Crippen LogP contribution in [-0.2, 0) is 21.2 Å². The number of hydrogen-bond acceptors (Lipinski definition) is 6. The number of rotatable bonds is 7. The van der Waals surface area contributed by atoms with Gasteiger partial charge in [-0.3, -0.25) is 4.79 Å². The molecule has 9 heteroatoms. The van der Waals surface area contributed by atoms with Gasteiger partial charge in [-0.2, -0.15) is 9.29 Å². The second kappa shape index (κ2) is 7.41. The lowest BCUT2D eigenvalue weighted by Crippen LogP contribution is -2.43. The van der Waals surface area contributed by atoms with Crippen molar-refractivity contribution in [1.82, 2.24) is 19.3 Å². The molecule has 1 aromatic rings. The van der Waals surface area contributed by atoms with E-state index in [0.29, 0.717) is 50.1 Å². The Bertz CT molecular complexity index is 713. The third-order valence-electron chi connectivity index (χ3n) is 5.24. The van der Waals surface area contributed by atoms with E-state index in [2.05, 4.69) is 10.1 Å². The maximum absolute atomic E-state index is 12.0. The minimum Gasteiger partial charge on any atom is -0.339 e. The molecule has 1 amide bonds. The van der Waals surface area contributed by atoms with Gasteiger partial charge in [-0.15, -0.1) is 0 Å². The molecular formula is C16H26N4O4S. The quantitative estimate of drug-likeness (QED) is 0.714. The average molecular weight is 370 g/mol. The maximum Gasteiger partial charge on any atom is 0.229 e. The molecule has 2 heterocycles. The zero-order chi connectivity index (χ0) is 18.0. The summed E-state index contributed by atoms with van der Waals surface area (Å²) in [4.78, 5) is 18.2. The fourth-order valence-electron chi connectivity index (χ4n) is 3.41. The molecule has 0 N–H and O–H groups in total. The highest BCUT2D eigenvalue weighted by atomic mass is 32.2. The van der Waals surface area contributed by atoms with Crippen molar-refractivity contribution in [3.8, 4) is 0 Å². The molecule has 0 radical (unpaired) electrons. The Labute approximate surface area is 148 Å². The first-order chi connectivity index (χ1) is 11.9. The molecule has 8 nitrogen and oxygen atoms in total. The fraction of sp³-hybridized carbons (Fsp3) is 0.812. The lowest BCUT2D eigenvalue weighted by molar-refractivity contribution is -0.130. The van der Waals surface area contributed by atoms with Gasteiger partial charge in [-0.1, -0.05) is 11.6 Å². The van der Waals surface area contributed by atoms with Crippen LogP contribution in [0.5, 0.6) is 0 Å². The van der Waals surface area contributed by atoms with Gasteiger partial charge in [0.1, 0.15) is 0 Å². The molecule has 1 aliphatic carbocycles. The van der Waals surface area contributed by atoms with Gasteiger partial charge in [0.05, 0.1) is 5.75 Å². The van der Waals surface area contributed by atoms with Crippen molar-refractivity contribution in [3.05, 3.63) is 11.7 Å². The summed E-state index contributed by atoms with van der Waals surface area (Å²) >= 11 is 0. The fourth-order valence-corrected chi connectivity index (χ4v) is 4.56. The lowest BCUT2D eigenvalue weighted by Gasteiger charge is -2.27. The zero-order valence-corrected chi connectivity index (χ0v) is 15.7. The molecule has 0 bridgehead atoms. The smallest absolute Gasteiger partial charge is 0.229 e. The minimum atomic E-state index is -3.20. The molecular weight excluding hydrogens is 344 g/mol. The van der Waals surface area contributed by atoms with Gasteiger partial charge in [-0.25, -0.2) is 8.42 Å². The summed E-state index contributed by atoms with van der Waals surface area (Å²) in [5.41, 5.74) is 0. The second-order valence-corrected chi connectivity index (χ2v) is 9.10. The Kier molecular flexibility index (Phi) is 5.43. The van der Waals surface area contributed by atoms with E-state index in [1.54, 1.807) is 11.8 Å². The van der Waals surface area contributed by atoms with Crippen LogP contribution in [0.4, 0.5) is 0 Å². The number of carbonyl (C=O) groups is 1. The zero-order valence-electron chi connectivity index (χ0n) is 14.8. The highest BCUT2D eigenvalue weighted by Crippen LogP contribution is 2.35. The molecule has 1 aromatic heterocycles. The van der Waals surface area contributed by atoms with Crippen LogP contribution in [-0.4, -0.2) is 65.1 Å². The van der Waals surface area contributed by atoms with E-state index in [4.69, 9.17) is 4.52 Å². The number of sulfonamides is 1. The second-order valence-electron chi connectivity index (χ2n) is 6.84. The van der Waals surface area contributed by atoms with Crippen molar-refractivity contribution in [2.45, 2.75) is 57.9 Å². The van der Waals surface area contributed by atoms with E-state index in [1.807, 2.05) is 0 Å². The molecule has 3 rings (SSSR count). The van der Waals surface area contributed by atoms with Gasteiger partial charge in [0.25, 0.3) is 0 Å². The van der Waals surface area contributed by atoms with Gasteiger partial charge in [0.2, 0.25) is 21.8 Å². The summed E-state index contributed by atoms with van der Waals surface area (Å²) in [5.74, 6) is 1.75. The Morgan fingerprint density at radius 1 is 1.36 bits per heavy atom. The SMILES string of the molecule is CCS(=O)(=O)N1CCC(N(CCc2noc(C3CCC3)n2)C(C)=O)C1. The average Bonchev–Trinajstić information content (AvgIpc) is 3.16. The van der Waals surface area contributed by atoms with Crippen LogP contribution < -0.4 is 0 Å². The molecule has 2 fully saturated rings. The molecule has 0 spiro atoms. The standard InChI is InChI=1S/C16H26N4O4S/c1-3-25(22,23)19-9-7-14(11-19)20(12(2)21)10-8-15-17-16(24-18-15)13-5-4-6-13/h13-14H,3-11H2,1-2H3. The van der Waals surface area contributed by atoms with E-state index in [0.717, 1.165) is 12.8 Å². The number of carbonyl (C=O) groups excluding carboxylic acids is 1. The summed E-state index contributed by atoms with van der Waals surface area (Å²) in [7, 11) is -3.20. The summed E-state index contributed by atoms with van der Waals surface area (Å²) in [6.07, 6.45) is 4.60. The van der Waals surface area contributed by atoms with Crippen molar-refractivity contribution in [3.63, 3.8) is 0 Å². The van der Waals surface area contributed by atoms with E-state index < -0.39 is 10.0 Å². The van der Waals surface area contributed by atoms with Gasteiger partial charge in [0.15, 0.2) is 5.82 Å². The summed E-state index contributed by atoms with van der Waals surface area (Å²) < 4.78 is 30.8. The van der Waals surface area contributed by atoms with E-state index >= 15 is 0 Å². The van der Waals surface area contributed by atoms with Crippen molar-refractivity contribution in [2.75, 3.05) is 25.4 Å². The van der Waals surface area contributed by atoms with E-state index in [9.17, 15) is 13.2 Å². The molecule has 1 aliphatic heterocycles. The minimum absolute atomic E-state index is 0.0524. The molecule has 1 unspecified atom stereocenters. The molecule has 1 saturated heterocycles. The number of aromatic nitrogens is 2. The summed E-state index contributed by atoms with van der Waals surface area (Å²) in [5, 5.41) is 4.01. The first-order valence-electron chi connectivity index (χ1n) is 8.98. The Balaban J connectivity index is 1.58. The third kappa shape index (κ3) is 4.03. The molecule has 25 heavy (non-hydrogen) atoms. The van der Waals surface area contributed by atoms with Crippen molar-refractivity contribution < 1.29 is 17.7 Å². The van der Waals surface area contributed by atoms with Gasteiger partial charge < -0.3 is 9.42 Å². The predicted molar refractivity (Wildman–Crippen MR) is 91.4 cm³/mol. The number of hydrogen-bond donors (Lipinski definition) is 0. The van der Waals surface area contributed by atoms with Crippen molar-refractivity contribution >= 4 is 15.9 Å². The lowest BCUT2D eigenvalue weighted by atomic mass is 9.85. The first-order valence-corrected chi connectivity index (χ1v) is 10.6. The topological polar surface area (TPSA) is 96.6 Å². The van der Waals surface area contributed by atoms with Gasteiger partial charge in [-0.05, 0) is 26.2 Å². The molecule has 2 aliphatic rings. The highest BCUT2D eigenvalue weighted by Gasteiger charge is 2.34. The third-order valence-corrected chi connectivity index (χ3v) is 7.09. The molecule has 1 saturated carbocycles. The molecule has 1 atom stereocenters. The summed E-state index contributed by atoms with van der Waals surface area (Å²) in [6.45, 7) is 4.48. The van der Waals surface area contributed by atoms with Crippen molar-refractivity contribution in [1.29, 1.82) is 0 Å². The van der Waals surface area contributed by atoms with Crippen LogP contribution in [0.15, 0.2) is 4.52 Å². The van der Waals surface area contributed by atoms with Crippen molar-refractivity contribution in [2.24, 2.45) is 0 Å². The number of amides is 1.